The van der Waals surface area contributed by atoms with Gasteiger partial charge < -0.3 is 4.90 Å². The molecule has 0 aliphatic rings. The second kappa shape index (κ2) is 9.35. The number of hydrogen-bond acceptors (Lipinski definition) is 3. The molecule has 3 heteroatoms. The van der Waals surface area contributed by atoms with Crippen molar-refractivity contribution in [2.75, 3.05) is 20.6 Å². The van der Waals surface area contributed by atoms with Crippen LogP contribution in [0.5, 0.6) is 0 Å². The van der Waals surface area contributed by atoms with Gasteiger partial charge in [0.25, 0.3) is 0 Å². The van der Waals surface area contributed by atoms with Gasteiger partial charge in [-0.15, -0.1) is 0 Å². The molecule has 92 valence electrons. The van der Waals surface area contributed by atoms with Gasteiger partial charge in [0.05, 0.1) is 6.07 Å². The summed E-state index contributed by atoms with van der Waals surface area (Å²) in [5, 5.41) is 8.57. The number of nitriles is 1. The second-order valence-corrected chi connectivity index (χ2v) is 4.58. The molecule has 0 aliphatic heterocycles. The highest BCUT2D eigenvalue weighted by Gasteiger charge is 2.18. The summed E-state index contributed by atoms with van der Waals surface area (Å²) < 4.78 is 0. The van der Waals surface area contributed by atoms with Crippen molar-refractivity contribution < 1.29 is 4.79 Å². The van der Waals surface area contributed by atoms with Crippen LogP contribution in [0.3, 0.4) is 0 Å². The Hall–Kier alpha value is -0.880. The summed E-state index contributed by atoms with van der Waals surface area (Å²) in [4.78, 5) is 14.0. The van der Waals surface area contributed by atoms with Gasteiger partial charge in [0.2, 0.25) is 0 Å². The van der Waals surface area contributed by atoms with Crippen LogP contribution in [0.25, 0.3) is 0 Å². The van der Waals surface area contributed by atoms with Crippen molar-refractivity contribution in [3.8, 4) is 6.07 Å². The van der Waals surface area contributed by atoms with E-state index in [4.69, 9.17) is 5.26 Å². The lowest BCUT2D eigenvalue weighted by molar-refractivity contribution is -0.123. The maximum absolute atomic E-state index is 11.9. The van der Waals surface area contributed by atoms with Crippen LogP contribution in [0.2, 0.25) is 0 Å². The van der Waals surface area contributed by atoms with E-state index in [0.29, 0.717) is 25.0 Å². The molecule has 0 aromatic rings. The van der Waals surface area contributed by atoms with Crippen molar-refractivity contribution in [2.45, 2.75) is 45.4 Å². The average molecular weight is 224 g/mol. The minimum absolute atomic E-state index is 0.0477. The topological polar surface area (TPSA) is 44.1 Å². The Labute approximate surface area is 99.4 Å². The third-order valence-corrected chi connectivity index (χ3v) is 2.67. The zero-order chi connectivity index (χ0) is 12.4. The van der Waals surface area contributed by atoms with Crippen molar-refractivity contribution in [1.82, 2.24) is 4.90 Å². The SMILES string of the molecule is CCCCCC(=O)C(CCC#N)CN(C)C. The number of nitrogens with zero attached hydrogens (tertiary/aromatic N) is 2. The summed E-state index contributed by atoms with van der Waals surface area (Å²) in [7, 11) is 3.94. The number of ketones is 1. The highest BCUT2D eigenvalue weighted by molar-refractivity contribution is 5.81. The Morgan fingerprint density at radius 3 is 2.56 bits per heavy atom. The van der Waals surface area contributed by atoms with E-state index in [1.807, 2.05) is 19.0 Å². The van der Waals surface area contributed by atoms with Crippen LogP contribution in [0.1, 0.15) is 45.4 Å². The van der Waals surface area contributed by atoms with Crippen molar-refractivity contribution in [1.29, 1.82) is 5.26 Å². The second-order valence-electron chi connectivity index (χ2n) is 4.58. The van der Waals surface area contributed by atoms with Gasteiger partial charge in [-0.2, -0.15) is 5.26 Å². The van der Waals surface area contributed by atoms with Crippen LogP contribution in [0.4, 0.5) is 0 Å². The third kappa shape index (κ3) is 7.42. The van der Waals surface area contributed by atoms with Crippen molar-refractivity contribution in [2.24, 2.45) is 5.92 Å². The molecule has 0 saturated heterocycles. The zero-order valence-electron chi connectivity index (χ0n) is 10.8. The lowest BCUT2D eigenvalue weighted by Gasteiger charge is -2.18. The molecule has 1 atom stereocenters. The molecule has 0 aliphatic carbocycles. The quantitative estimate of drug-likeness (QED) is 0.565. The predicted octanol–water partition coefficient (Wildman–Crippen LogP) is 2.62. The normalized spacial score (nSPS) is 12.4. The van der Waals surface area contributed by atoms with Crippen molar-refractivity contribution in [3.63, 3.8) is 0 Å². The van der Waals surface area contributed by atoms with E-state index in [1.54, 1.807) is 0 Å². The van der Waals surface area contributed by atoms with E-state index < -0.39 is 0 Å². The summed E-state index contributed by atoms with van der Waals surface area (Å²) in [5.74, 6) is 0.379. The molecule has 0 amide bonds. The van der Waals surface area contributed by atoms with Gasteiger partial charge in [0.15, 0.2) is 0 Å². The summed E-state index contributed by atoms with van der Waals surface area (Å²) in [6.07, 6.45) is 5.13. The fraction of sp³-hybridized carbons (Fsp3) is 0.846. The number of unbranched alkanes of at least 4 members (excludes halogenated alkanes) is 2. The number of carbonyl (C=O) groups is 1. The van der Waals surface area contributed by atoms with Gasteiger partial charge in [0, 0.05) is 25.3 Å². The summed E-state index contributed by atoms with van der Waals surface area (Å²) in [6, 6.07) is 2.12. The van der Waals surface area contributed by atoms with E-state index >= 15 is 0 Å². The molecule has 0 saturated carbocycles. The molecule has 0 heterocycles. The van der Waals surface area contributed by atoms with Gasteiger partial charge in [0.1, 0.15) is 5.78 Å². The summed E-state index contributed by atoms with van der Waals surface area (Å²) in [5.41, 5.74) is 0. The summed E-state index contributed by atoms with van der Waals surface area (Å²) >= 11 is 0. The van der Waals surface area contributed by atoms with Gasteiger partial charge in [-0.3, -0.25) is 4.79 Å². The summed E-state index contributed by atoms with van der Waals surface area (Å²) in [6.45, 7) is 2.91. The molecule has 0 radical (unpaired) electrons. The molecule has 16 heavy (non-hydrogen) atoms. The smallest absolute Gasteiger partial charge is 0.137 e. The highest BCUT2D eigenvalue weighted by Crippen LogP contribution is 2.13. The maximum Gasteiger partial charge on any atom is 0.137 e. The Balaban J connectivity index is 4.05. The van der Waals surface area contributed by atoms with Crippen LogP contribution in [-0.4, -0.2) is 31.3 Å². The van der Waals surface area contributed by atoms with Crippen LogP contribution >= 0.6 is 0 Å². The Morgan fingerprint density at radius 2 is 2.06 bits per heavy atom. The molecule has 0 N–H and O–H groups in total. The van der Waals surface area contributed by atoms with Crippen LogP contribution < -0.4 is 0 Å². The van der Waals surface area contributed by atoms with Crippen molar-refractivity contribution in [3.05, 3.63) is 0 Å². The van der Waals surface area contributed by atoms with E-state index in [2.05, 4.69) is 13.0 Å². The molecule has 0 aromatic heterocycles. The number of rotatable bonds is 9. The van der Waals surface area contributed by atoms with E-state index in [9.17, 15) is 4.79 Å². The van der Waals surface area contributed by atoms with E-state index in [0.717, 1.165) is 25.8 Å². The van der Waals surface area contributed by atoms with Gasteiger partial charge in [-0.1, -0.05) is 19.8 Å². The predicted molar refractivity (Wildman–Crippen MR) is 66.0 cm³/mol. The minimum Gasteiger partial charge on any atom is -0.309 e. The van der Waals surface area contributed by atoms with Crippen LogP contribution in [-0.2, 0) is 4.79 Å². The van der Waals surface area contributed by atoms with E-state index in [-0.39, 0.29) is 5.92 Å². The monoisotopic (exact) mass is 224 g/mol. The molecule has 1 unspecified atom stereocenters. The average Bonchev–Trinajstić information content (AvgIpc) is 2.23. The first-order valence-corrected chi connectivity index (χ1v) is 6.16. The molecular weight excluding hydrogens is 200 g/mol. The number of carbonyl (C=O) groups excluding carboxylic acids is 1. The Kier molecular flexibility index (Phi) is 8.84. The maximum atomic E-state index is 11.9. The van der Waals surface area contributed by atoms with Crippen LogP contribution in [0.15, 0.2) is 0 Å². The van der Waals surface area contributed by atoms with Crippen molar-refractivity contribution >= 4 is 5.78 Å². The molecule has 0 spiro atoms. The lowest BCUT2D eigenvalue weighted by Crippen LogP contribution is -2.27. The van der Waals surface area contributed by atoms with Gasteiger partial charge >= 0.3 is 0 Å². The minimum atomic E-state index is 0.0477. The molecule has 0 aromatic carbocycles. The molecule has 0 bridgehead atoms. The Bertz CT molecular complexity index is 231. The highest BCUT2D eigenvalue weighted by atomic mass is 16.1. The first-order chi connectivity index (χ1) is 7.61. The van der Waals surface area contributed by atoms with Crippen LogP contribution in [0, 0.1) is 17.2 Å². The molecular formula is C13H24N2O. The fourth-order valence-electron chi connectivity index (χ4n) is 1.79. The molecule has 0 fully saturated rings. The third-order valence-electron chi connectivity index (χ3n) is 2.67. The fourth-order valence-corrected chi connectivity index (χ4v) is 1.79. The van der Waals surface area contributed by atoms with E-state index in [1.165, 1.54) is 0 Å². The van der Waals surface area contributed by atoms with Gasteiger partial charge in [-0.25, -0.2) is 0 Å². The number of hydrogen-bond donors (Lipinski definition) is 0. The first-order valence-electron chi connectivity index (χ1n) is 6.16. The zero-order valence-corrected chi connectivity index (χ0v) is 10.8. The van der Waals surface area contributed by atoms with Gasteiger partial charge in [-0.05, 0) is 26.9 Å². The number of Topliss-reactive ketones (excluding diaryl/α,β-unsaturated/α-hetero) is 1. The largest absolute Gasteiger partial charge is 0.309 e. The first kappa shape index (κ1) is 15.1. The lowest BCUT2D eigenvalue weighted by atomic mass is 9.94. The Morgan fingerprint density at radius 1 is 1.38 bits per heavy atom. The standard InChI is InChI=1S/C13H24N2O/c1-4-5-6-9-13(16)12(8-7-10-14)11-15(2)3/h12H,4-9,11H2,1-3H3. The molecule has 3 nitrogen and oxygen atoms in total. The molecule has 0 rings (SSSR count).